The van der Waals surface area contributed by atoms with Gasteiger partial charge in [-0.3, -0.25) is 4.79 Å². The molecule has 3 aromatic heterocycles. The third-order valence-electron chi connectivity index (χ3n) is 5.18. The Labute approximate surface area is 171 Å². The molecule has 1 aliphatic heterocycles. The van der Waals surface area contributed by atoms with Crippen LogP contribution in [-0.2, 0) is 0 Å². The van der Waals surface area contributed by atoms with Gasteiger partial charge < -0.3 is 16.4 Å². The molecule has 1 fully saturated rings. The summed E-state index contributed by atoms with van der Waals surface area (Å²) in [5.41, 5.74) is 14.8. The van der Waals surface area contributed by atoms with E-state index in [9.17, 15) is 10.1 Å². The maximum absolute atomic E-state index is 13.3. The Morgan fingerprint density at radius 1 is 1.32 bits per heavy atom. The first-order valence-electron chi connectivity index (χ1n) is 9.14. The molecule has 4 rings (SSSR count). The lowest BCUT2D eigenvalue weighted by Gasteiger charge is -2.34. The van der Waals surface area contributed by atoms with Gasteiger partial charge in [0.05, 0.1) is 5.69 Å². The number of amides is 1. The Morgan fingerprint density at radius 3 is 2.64 bits per heavy atom. The van der Waals surface area contributed by atoms with Crippen molar-refractivity contribution in [2.45, 2.75) is 20.3 Å². The van der Waals surface area contributed by atoms with Crippen molar-refractivity contribution >= 4 is 50.3 Å². The average molecular weight is 412 g/mol. The number of nitrogen functional groups attached to an aromatic ring is 2. The summed E-state index contributed by atoms with van der Waals surface area (Å²) in [6.45, 7) is 5.79. The van der Waals surface area contributed by atoms with Crippen molar-refractivity contribution in [2.75, 3.05) is 24.6 Å². The molecule has 0 radical (unpaired) electrons. The van der Waals surface area contributed by atoms with Crippen molar-refractivity contribution in [3.05, 3.63) is 27.3 Å². The van der Waals surface area contributed by atoms with Crippen molar-refractivity contribution in [2.24, 2.45) is 11.8 Å². The van der Waals surface area contributed by atoms with E-state index in [2.05, 4.69) is 24.9 Å². The number of carbonyl (C=O) groups is 1. The number of rotatable bonds is 2. The first-order chi connectivity index (χ1) is 13.4. The summed E-state index contributed by atoms with van der Waals surface area (Å²) in [6.07, 6.45) is 1.12. The van der Waals surface area contributed by atoms with Crippen molar-refractivity contribution in [1.29, 1.82) is 5.26 Å². The summed E-state index contributed by atoms with van der Waals surface area (Å²) in [5.74, 6) is 1.02. The smallest absolute Gasteiger partial charge is 0.266 e. The molecule has 144 valence electrons. The molecule has 4 N–H and O–H groups in total. The minimum atomic E-state index is -0.0627. The van der Waals surface area contributed by atoms with E-state index in [1.54, 1.807) is 0 Å². The second kappa shape index (κ2) is 7.08. The van der Waals surface area contributed by atoms with Crippen LogP contribution in [0.1, 0.15) is 35.5 Å². The molecule has 8 heteroatoms. The molecular formula is C20H21N5OS2. The van der Waals surface area contributed by atoms with E-state index in [4.69, 9.17) is 11.5 Å². The molecule has 0 spiro atoms. The van der Waals surface area contributed by atoms with E-state index in [-0.39, 0.29) is 11.7 Å². The van der Waals surface area contributed by atoms with Crippen LogP contribution < -0.4 is 11.5 Å². The summed E-state index contributed by atoms with van der Waals surface area (Å²) in [7, 11) is 0. The van der Waals surface area contributed by atoms with Gasteiger partial charge >= 0.3 is 0 Å². The highest BCUT2D eigenvalue weighted by molar-refractivity contribution is 7.21. The minimum Gasteiger partial charge on any atom is -0.397 e. The normalized spacial score (nSPS) is 19.7. The van der Waals surface area contributed by atoms with Gasteiger partial charge in [-0.1, -0.05) is 13.8 Å². The summed E-state index contributed by atoms with van der Waals surface area (Å²) in [5, 5.41) is 14.2. The second-order valence-corrected chi connectivity index (χ2v) is 9.33. The third-order valence-corrected chi connectivity index (χ3v) is 6.95. The van der Waals surface area contributed by atoms with Gasteiger partial charge in [0.1, 0.15) is 27.2 Å². The highest BCUT2D eigenvalue weighted by Crippen LogP contribution is 2.43. The average Bonchev–Trinajstić information content (AvgIpc) is 3.28. The Bertz CT molecular complexity index is 1090. The number of thiophene rings is 2. The fourth-order valence-electron chi connectivity index (χ4n) is 4.11. The van der Waals surface area contributed by atoms with Crippen LogP contribution in [0.15, 0.2) is 16.8 Å². The molecule has 1 aliphatic rings. The topological polar surface area (TPSA) is 109 Å². The maximum atomic E-state index is 13.3. The quantitative estimate of drug-likeness (QED) is 0.657. The molecule has 1 saturated heterocycles. The molecule has 0 saturated carbocycles. The predicted octanol–water partition coefficient (Wildman–Crippen LogP) is 4.18. The number of hydrogen-bond acceptors (Lipinski definition) is 7. The zero-order valence-corrected chi connectivity index (χ0v) is 17.4. The van der Waals surface area contributed by atoms with Crippen LogP contribution in [0.5, 0.6) is 0 Å². The SMILES string of the molecule is CC1CC(C)CN(C(=O)c2sc3nc(N)c(C#N)c(-c4ccsc4)c3c2N)C1. The standard InChI is InChI=1S/C20H21N5OS2/c1-10-5-11(2)8-25(7-10)20(26)17-16(22)15-14(12-3-4-27-9-12)13(6-21)18(23)24-19(15)28-17/h3-4,9-11H,5,7-8,22H2,1-2H3,(H2,23,24). The van der Waals surface area contributed by atoms with Crippen LogP contribution in [0.3, 0.4) is 0 Å². The number of anilines is 2. The van der Waals surface area contributed by atoms with Crippen molar-refractivity contribution in [3.63, 3.8) is 0 Å². The highest BCUT2D eigenvalue weighted by atomic mass is 32.1. The van der Waals surface area contributed by atoms with Crippen molar-refractivity contribution in [3.8, 4) is 17.2 Å². The summed E-state index contributed by atoms with van der Waals surface area (Å²) >= 11 is 2.79. The van der Waals surface area contributed by atoms with Crippen molar-refractivity contribution in [1.82, 2.24) is 9.88 Å². The molecular weight excluding hydrogens is 390 g/mol. The van der Waals surface area contributed by atoms with E-state index >= 15 is 0 Å². The zero-order chi connectivity index (χ0) is 20.0. The molecule has 4 heterocycles. The van der Waals surface area contributed by atoms with Gasteiger partial charge in [0.15, 0.2) is 0 Å². The molecule has 2 atom stereocenters. The number of nitriles is 1. The second-order valence-electron chi connectivity index (χ2n) is 7.55. The Morgan fingerprint density at radius 2 is 2.04 bits per heavy atom. The zero-order valence-electron chi connectivity index (χ0n) is 15.7. The Kier molecular flexibility index (Phi) is 4.73. The number of pyridine rings is 1. The van der Waals surface area contributed by atoms with Gasteiger partial charge in [-0.25, -0.2) is 4.98 Å². The Hall–Kier alpha value is -2.63. The fraction of sp³-hybridized carbons (Fsp3) is 0.350. The van der Waals surface area contributed by atoms with Crippen LogP contribution >= 0.6 is 22.7 Å². The monoisotopic (exact) mass is 411 g/mol. The number of carbonyl (C=O) groups excluding carboxylic acids is 1. The van der Waals surface area contributed by atoms with E-state index in [0.717, 1.165) is 25.1 Å². The lowest BCUT2D eigenvalue weighted by molar-refractivity contribution is 0.0629. The lowest BCUT2D eigenvalue weighted by Crippen LogP contribution is -2.42. The van der Waals surface area contributed by atoms with Crippen molar-refractivity contribution < 1.29 is 4.79 Å². The molecule has 28 heavy (non-hydrogen) atoms. The van der Waals surface area contributed by atoms with Gasteiger partial charge in [-0.15, -0.1) is 11.3 Å². The number of fused-ring (bicyclic) bond motifs is 1. The first-order valence-corrected chi connectivity index (χ1v) is 10.9. The molecule has 3 aromatic rings. The molecule has 0 bridgehead atoms. The number of nitrogens with two attached hydrogens (primary N) is 2. The molecule has 0 aliphatic carbocycles. The summed E-state index contributed by atoms with van der Waals surface area (Å²) in [4.78, 5) is 20.6. The molecule has 6 nitrogen and oxygen atoms in total. The number of hydrogen-bond donors (Lipinski definition) is 2. The van der Waals surface area contributed by atoms with E-state index in [1.807, 2.05) is 21.7 Å². The first kappa shape index (κ1) is 18.7. The predicted molar refractivity (Wildman–Crippen MR) is 115 cm³/mol. The number of likely N-dealkylation sites (tertiary alicyclic amines) is 1. The molecule has 1 amide bonds. The van der Waals surface area contributed by atoms with Crippen LogP contribution in [0.4, 0.5) is 11.5 Å². The largest absolute Gasteiger partial charge is 0.397 e. The van der Waals surface area contributed by atoms with E-state index in [0.29, 0.717) is 43.7 Å². The summed E-state index contributed by atoms with van der Waals surface area (Å²) in [6, 6.07) is 4.08. The maximum Gasteiger partial charge on any atom is 0.266 e. The Balaban J connectivity index is 1.89. The number of nitrogens with zero attached hydrogens (tertiary/aromatic N) is 3. The van der Waals surface area contributed by atoms with E-state index in [1.165, 1.54) is 22.7 Å². The van der Waals surface area contributed by atoms with Gasteiger partial charge in [0.2, 0.25) is 0 Å². The molecule has 0 aromatic carbocycles. The van der Waals surface area contributed by atoms with Crippen LogP contribution in [0.2, 0.25) is 0 Å². The lowest BCUT2D eigenvalue weighted by atomic mass is 9.92. The molecule has 2 unspecified atom stereocenters. The fourth-order valence-corrected chi connectivity index (χ4v) is 5.84. The van der Waals surface area contributed by atoms with E-state index < -0.39 is 0 Å². The van der Waals surface area contributed by atoms with Gasteiger partial charge in [0, 0.05) is 24.0 Å². The van der Waals surface area contributed by atoms with Crippen LogP contribution in [-0.4, -0.2) is 28.9 Å². The highest BCUT2D eigenvalue weighted by Gasteiger charge is 2.30. The van der Waals surface area contributed by atoms with Crippen LogP contribution in [0.25, 0.3) is 21.3 Å². The number of aromatic nitrogens is 1. The minimum absolute atomic E-state index is 0.0627. The van der Waals surface area contributed by atoms with Crippen LogP contribution in [0, 0.1) is 23.2 Å². The van der Waals surface area contributed by atoms with Gasteiger partial charge in [-0.2, -0.15) is 16.6 Å². The van der Waals surface area contributed by atoms with Gasteiger partial charge in [0.25, 0.3) is 5.91 Å². The summed E-state index contributed by atoms with van der Waals surface area (Å²) < 4.78 is 0. The number of piperidine rings is 1. The van der Waals surface area contributed by atoms with Gasteiger partial charge in [-0.05, 0) is 40.6 Å². The third kappa shape index (κ3) is 3.01.